The second-order valence-corrected chi connectivity index (χ2v) is 5.76. The monoisotopic (exact) mass is 346 g/mol. The molecule has 3 aromatic rings. The molecular weight excluding hydrogens is 329 g/mol. The van der Waals surface area contributed by atoms with Crippen LogP contribution in [0.4, 0.5) is 13.2 Å². The SMILES string of the molecule is O=C(NCCCn1ccc2ccccc21)c1cccc(C(F)(F)F)c1. The molecule has 1 amide bonds. The van der Waals surface area contributed by atoms with E-state index in [1.807, 2.05) is 36.5 Å². The van der Waals surface area contributed by atoms with Crippen LogP contribution in [-0.2, 0) is 12.7 Å². The van der Waals surface area contributed by atoms with Crippen molar-refractivity contribution in [1.82, 2.24) is 9.88 Å². The number of hydrogen-bond donors (Lipinski definition) is 1. The Bertz CT molecular complexity index is 884. The van der Waals surface area contributed by atoms with Gasteiger partial charge in [-0.3, -0.25) is 4.79 Å². The summed E-state index contributed by atoms with van der Waals surface area (Å²) in [6, 6.07) is 14.5. The lowest BCUT2D eigenvalue weighted by molar-refractivity contribution is -0.137. The third-order valence-electron chi connectivity index (χ3n) is 3.99. The molecule has 1 aromatic heterocycles. The molecule has 0 unspecified atom stereocenters. The van der Waals surface area contributed by atoms with Gasteiger partial charge in [0.25, 0.3) is 5.91 Å². The molecule has 3 rings (SSSR count). The first kappa shape index (κ1) is 17.1. The van der Waals surface area contributed by atoms with E-state index in [0.29, 0.717) is 13.0 Å². The van der Waals surface area contributed by atoms with Gasteiger partial charge >= 0.3 is 6.18 Å². The molecule has 3 nitrogen and oxygen atoms in total. The maximum absolute atomic E-state index is 12.7. The van der Waals surface area contributed by atoms with Crippen LogP contribution in [0.25, 0.3) is 10.9 Å². The van der Waals surface area contributed by atoms with Crippen LogP contribution in [0.5, 0.6) is 0 Å². The number of fused-ring (bicyclic) bond motifs is 1. The predicted molar refractivity (Wildman–Crippen MR) is 90.3 cm³/mol. The van der Waals surface area contributed by atoms with E-state index in [2.05, 4.69) is 9.88 Å². The van der Waals surface area contributed by atoms with E-state index in [0.717, 1.165) is 29.6 Å². The molecule has 0 saturated carbocycles. The topological polar surface area (TPSA) is 34.0 Å². The Balaban J connectivity index is 1.55. The van der Waals surface area contributed by atoms with Crippen LogP contribution in [-0.4, -0.2) is 17.0 Å². The fourth-order valence-electron chi connectivity index (χ4n) is 2.73. The molecule has 1 heterocycles. The van der Waals surface area contributed by atoms with Crippen LogP contribution in [0.15, 0.2) is 60.8 Å². The average Bonchev–Trinajstić information content (AvgIpc) is 3.01. The Hall–Kier alpha value is -2.76. The van der Waals surface area contributed by atoms with Crippen molar-refractivity contribution in [3.05, 3.63) is 71.9 Å². The normalized spacial score (nSPS) is 11.6. The molecule has 0 fully saturated rings. The van der Waals surface area contributed by atoms with Gasteiger partial charge in [0.15, 0.2) is 0 Å². The summed E-state index contributed by atoms with van der Waals surface area (Å²) in [7, 11) is 0. The summed E-state index contributed by atoms with van der Waals surface area (Å²) in [5.74, 6) is -0.497. The van der Waals surface area contributed by atoms with E-state index >= 15 is 0 Å². The van der Waals surface area contributed by atoms with Crippen molar-refractivity contribution in [1.29, 1.82) is 0 Å². The number of halogens is 3. The van der Waals surface area contributed by atoms with Gasteiger partial charge in [-0.05, 0) is 42.1 Å². The average molecular weight is 346 g/mol. The van der Waals surface area contributed by atoms with Gasteiger partial charge in [-0.15, -0.1) is 0 Å². The summed E-state index contributed by atoms with van der Waals surface area (Å²) in [5.41, 5.74) is 0.312. The van der Waals surface area contributed by atoms with Crippen LogP contribution < -0.4 is 5.32 Å². The zero-order valence-electron chi connectivity index (χ0n) is 13.4. The van der Waals surface area contributed by atoms with Gasteiger partial charge in [0, 0.05) is 30.4 Å². The molecule has 130 valence electrons. The number of carbonyl (C=O) groups is 1. The minimum Gasteiger partial charge on any atom is -0.352 e. The van der Waals surface area contributed by atoms with Crippen molar-refractivity contribution in [2.75, 3.05) is 6.54 Å². The molecular formula is C19H17F3N2O. The van der Waals surface area contributed by atoms with E-state index in [4.69, 9.17) is 0 Å². The van der Waals surface area contributed by atoms with Gasteiger partial charge in [-0.25, -0.2) is 0 Å². The van der Waals surface area contributed by atoms with Crippen molar-refractivity contribution in [3.63, 3.8) is 0 Å². The highest BCUT2D eigenvalue weighted by molar-refractivity contribution is 5.94. The minimum absolute atomic E-state index is 0.0150. The highest BCUT2D eigenvalue weighted by Gasteiger charge is 2.30. The lowest BCUT2D eigenvalue weighted by Crippen LogP contribution is -2.25. The Kier molecular flexibility index (Phi) is 4.79. The third kappa shape index (κ3) is 4.02. The highest BCUT2D eigenvalue weighted by atomic mass is 19.4. The van der Waals surface area contributed by atoms with Crippen LogP contribution >= 0.6 is 0 Å². The Morgan fingerprint density at radius 2 is 1.84 bits per heavy atom. The fraction of sp³-hybridized carbons (Fsp3) is 0.211. The minimum atomic E-state index is -4.45. The number of hydrogen-bond acceptors (Lipinski definition) is 1. The quantitative estimate of drug-likeness (QED) is 0.679. The second-order valence-electron chi connectivity index (χ2n) is 5.76. The maximum atomic E-state index is 12.7. The van der Waals surface area contributed by atoms with E-state index in [-0.39, 0.29) is 5.56 Å². The van der Waals surface area contributed by atoms with Gasteiger partial charge in [-0.1, -0.05) is 24.3 Å². The number of amides is 1. The Morgan fingerprint density at radius 1 is 1.04 bits per heavy atom. The number of para-hydroxylation sites is 1. The van der Waals surface area contributed by atoms with Crippen molar-refractivity contribution in [3.8, 4) is 0 Å². The number of rotatable bonds is 5. The van der Waals surface area contributed by atoms with E-state index in [9.17, 15) is 18.0 Å². The lowest BCUT2D eigenvalue weighted by atomic mass is 10.1. The number of aryl methyl sites for hydroxylation is 1. The van der Waals surface area contributed by atoms with E-state index < -0.39 is 17.6 Å². The molecule has 2 aromatic carbocycles. The standard InChI is InChI=1S/C19H17F3N2O/c20-19(21,22)16-7-3-6-15(13-16)18(25)23-10-4-11-24-12-9-14-5-1-2-8-17(14)24/h1-3,5-9,12-13H,4,10-11H2,(H,23,25). The summed E-state index contributed by atoms with van der Waals surface area (Å²) >= 11 is 0. The molecule has 0 bridgehead atoms. The molecule has 0 spiro atoms. The number of benzene rings is 2. The first-order chi connectivity index (χ1) is 11.9. The van der Waals surface area contributed by atoms with Crippen molar-refractivity contribution in [2.45, 2.75) is 19.1 Å². The number of nitrogens with one attached hydrogen (secondary N) is 1. The smallest absolute Gasteiger partial charge is 0.352 e. The highest BCUT2D eigenvalue weighted by Crippen LogP contribution is 2.29. The molecule has 6 heteroatoms. The van der Waals surface area contributed by atoms with Crippen LogP contribution in [0.2, 0.25) is 0 Å². The summed E-state index contributed by atoms with van der Waals surface area (Å²) in [5, 5.41) is 3.82. The molecule has 0 aliphatic carbocycles. The van der Waals surface area contributed by atoms with Crippen molar-refractivity contribution >= 4 is 16.8 Å². The largest absolute Gasteiger partial charge is 0.416 e. The van der Waals surface area contributed by atoms with Gasteiger partial charge < -0.3 is 9.88 Å². The molecule has 0 aliphatic heterocycles. The summed E-state index contributed by atoms with van der Waals surface area (Å²) in [4.78, 5) is 12.0. The van der Waals surface area contributed by atoms with Gasteiger partial charge in [0.2, 0.25) is 0 Å². The first-order valence-corrected chi connectivity index (χ1v) is 7.94. The Labute approximate surface area is 143 Å². The Morgan fingerprint density at radius 3 is 2.64 bits per heavy atom. The number of carbonyl (C=O) groups excluding carboxylic acids is 1. The molecule has 0 aliphatic rings. The van der Waals surface area contributed by atoms with Crippen LogP contribution in [0.1, 0.15) is 22.3 Å². The number of alkyl halides is 3. The van der Waals surface area contributed by atoms with Crippen molar-refractivity contribution < 1.29 is 18.0 Å². The summed E-state index contributed by atoms with van der Waals surface area (Å²) in [6.07, 6.45) is -1.78. The zero-order chi connectivity index (χ0) is 17.9. The van der Waals surface area contributed by atoms with Crippen LogP contribution in [0, 0.1) is 0 Å². The molecule has 1 N–H and O–H groups in total. The number of nitrogens with zero attached hydrogens (tertiary/aromatic N) is 1. The summed E-state index contributed by atoms with van der Waals surface area (Å²) in [6.45, 7) is 1.11. The molecule has 0 saturated heterocycles. The maximum Gasteiger partial charge on any atom is 0.416 e. The van der Waals surface area contributed by atoms with E-state index in [1.54, 1.807) is 0 Å². The van der Waals surface area contributed by atoms with Crippen molar-refractivity contribution in [2.24, 2.45) is 0 Å². The number of aromatic nitrogens is 1. The molecule has 0 atom stereocenters. The fourth-order valence-corrected chi connectivity index (χ4v) is 2.73. The van der Waals surface area contributed by atoms with Gasteiger partial charge in [-0.2, -0.15) is 13.2 Å². The summed E-state index contributed by atoms with van der Waals surface area (Å²) < 4.78 is 40.2. The lowest BCUT2D eigenvalue weighted by Gasteiger charge is -2.10. The van der Waals surface area contributed by atoms with E-state index in [1.165, 1.54) is 12.1 Å². The zero-order valence-corrected chi connectivity index (χ0v) is 13.4. The second kappa shape index (κ2) is 7.01. The first-order valence-electron chi connectivity index (χ1n) is 7.94. The van der Waals surface area contributed by atoms with Gasteiger partial charge in [0.05, 0.1) is 5.56 Å². The van der Waals surface area contributed by atoms with Gasteiger partial charge in [0.1, 0.15) is 0 Å². The molecule has 25 heavy (non-hydrogen) atoms. The van der Waals surface area contributed by atoms with Crippen LogP contribution in [0.3, 0.4) is 0 Å². The predicted octanol–water partition coefficient (Wildman–Crippen LogP) is 4.48. The third-order valence-corrected chi connectivity index (χ3v) is 3.99. The molecule has 0 radical (unpaired) electrons.